The molecule has 0 N–H and O–H groups in total. The van der Waals surface area contributed by atoms with Crippen molar-refractivity contribution >= 4 is 5.78 Å². The number of aryl methyl sites for hydroxylation is 1. The lowest BCUT2D eigenvalue weighted by Crippen LogP contribution is -2.06. The van der Waals surface area contributed by atoms with E-state index in [2.05, 4.69) is 12.1 Å². The van der Waals surface area contributed by atoms with Crippen molar-refractivity contribution in [2.24, 2.45) is 5.92 Å². The van der Waals surface area contributed by atoms with Crippen molar-refractivity contribution in [2.45, 2.75) is 44.9 Å². The monoisotopic (exact) mass is 216 g/mol. The van der Waals surface area contributed by atoms with Crippen LogP contribution in [0.1, 0.15) is 44.1 Å². The third-order valence-corrected chi connectivity index (χ3v) is 3.53. The fraction of sp³-hybridized carbons (Fsp3) is 0.533. The maximum Gasteiger partial charge on any atom is 0.133 e. The van der Waals surface area contributed by atoms with E-state index in [0.717, 1.165) is 19.3 Å². The van der Waals surface area contributed by atoms with Gasteiger partial charge in [-0.1, -0.05) is 56.0 Å². The van der Waals surface area contributed by atoms with E-state index < -0.39 is 0 Å². The highest BCUT2D eigenvalue weighted by Gasteiger charge is 2.17. The Hall–Kier alpha value is -1.11. The number of ketones is 1. The molecule has 0 amide bonds. The molecule has 0 heterocycles. The maximum atomic E-state index is 11.8. The predicted molar refractivity (Wildman–Crippen MR) is 66.3 cm³/mol. The number of rotatable bonds is 5. The van der Waals surface area contributed by atoms with Gasteiger partial charge in [0.15, 0.2) is 0 Å². The lowest BCUT2D eigenvalue weighted by molar-refractivity contribution is -0.119. The van der Waals surface area contributed by atoms with Crippen LogP contribution < -0.4 is 0 Å². The number of benzene rings is 1. The van der Waals surface area contributed by atoms with Crippen molar-refractivity contribution in [3.63, 3.8) is 0 Å². The van der Waals surface area contributed by atoms with Gasteiger partial charge in [-0.3, -0.25) is 4.79 Å². The molecule has 0 saturated heterocycles. The van der Waals surface area contributed by atoms with Crippen molar-refractivity contribution < 1.29 is 4.79 Å². The molecule has 1 aromatic rings. The Kier molecular flexibility index (Phi) is 4.15. The summed E-state index contributed by atoms with van der Waals surface area (Å²) >= 11 is 0. The van der Waals surface area contributed by atoms with Gasteiger partial charge < -0.3 is 0 Å². The fourth-order valence-corrected chi connectivity index (χ4v) is 2.57. The van der Waals surface area contributed by atoms with Crippen LogP contribution in [0.4, 0.5) is 0 Å². The second-order valence-electron chi connectivity index (χ2n) is 4.88. The molecule has 2 rings (SSSR count). The standard InChI is InChI=1S/C15H20O/c16-15(12-14-8-4-5-9-14)11-10-13-6-2-1-3-7-13/h1-3,6-7,14H,4-5,8-12H2. The van der Waals surface area contributed by atoms with E-state index in [0.29, 0.717) is 11.7 Å². The minimum absolute atomic E-state index is 0.454. The average Bonchev–Trinajstić information content (AvgIpc) is 2.81. The van der Waals surface area contributed by atoms with E-state index in [1.54, 1.807) is 0 Å². The molecule has 0 aromatic heterocycles. The Labute approximate surface area is 97.9 Å². The van der Waals surface area contributed by atoms with Crippen LogP contribution in [-0.2, 0) is 11.2 Å². The summed E-state index contributed by atoms with van der Waals surface area (Å²) in [7, 11) is 0. The lowest BCUT2D eigenvalue weighted by Gasteiger charge is -2.07. The first-order valence-corrected chi connectivity index (χ1v) is 6.40. The molecular weight excluding hydrogens is 196 g/mol. The lowest BCUT2D eigenvalue weighted by atomic mass is 9.97. The van der Waals surface area contributed by atoms with Crippen LogP contribution in [0.3, 0.4) is 0 Å². The first kappa shape index (κ1) is 11.4. The number of hydrogen-bond donors (Lipinski definition) is 0. The molecule has 0 bridgehead atoms. The smallest absolute Gasteiger partial charge is 0.133 e. The van der Waals surface area contributed by atoms with E-state index in [4.69, 9.17) is 0 Å². The molecule has 1 nitrogen and oxygen atoms in total. The zero-order valence-electron chi connectivity index (χ0n) is 9.82. The molecule has 1 fully saturated rings. The van der Waals surface area contributed by atoms with Crippen LogP contribution >= 0.6 is 0 Å². The number of hydrogen-bond acceptors (Lipinski definition) is 1. The second kappa shape index (κ2) is 5.83. The summed E-state index contributed by atoms with van der Waals surface area (Å²) in [6.07, 6.45) is 7.67. The Morgan fingerprint density at radius 1 is 1.12 bits per heavy atom. The highest BCUT2D eigenvalue weighted by molar-refractivity contribution is 5.78. The van der Waals surface area contributed by atoms with Crippen LogP contribution in [0, 0.1) is 5.92 Å². The second-order valence-corrected chi connectivity index (χ2v) is 4.88. The van der Waals surface area contributed by atoms with Crippen molar-refractivity contribution in [2.75, 3.05) is 0 Å². The van der Waals surface area contributed by atoms with Crippen molar-refractivity contribution in [3.8, 4) is 0 Å². The Balaban J connectivity index is 1.71. The molecule has 1 aromatic carbocycles. The third kappa shape index (κ3) is 3.48. The van der Waals surface area contributed by atoms with Gasteiger partial charge in [0.1, 0.15) is 5.78 Å². The zero-order chi connectivity index (χ0) is 11.2. The molecule has 0 spiro atoms. The van der Waals surface area contributed by atoms with E-state index in [1.165, 1.54) is 31.2 Å². The topological polar surface area (TPSA) is 17.1 Å². The highest BCUT2D eigenvalue weighted by Crippen LogP contribution is 2.28. The van der Waals surface area contributed by atoms with Gasteiger partial charge in [0, 0.05) is 12.8 Å². The predicted octanol–water partition coefficient (Wildman–Crippen LogP) is 3.77. The van der Waals surface area contributed by atoms with Gasteiger partial charge in [-0.2, -0.15) is 0 Å². The van der Waals surface area contributed by atoms with Crippen molar-refractivity contribution in [1.29, 1.82) is 0 Å². The first-order valence-electron chi connectivity index (χ1n) is 6.40. The minimum atomic E-state index is 0.454. The quantitative estimate of drug-likeness (QED) is 0.732. The zero-order valence-corrected chi connectivity index (χ0v) is 9.82. The van der Waals surface area contributed by atoms with E-state index in [1.807, 2.05) is 18.2 Å². The van der Waals surface area contributed by atoms with Gasteiger partial charge in [-0.25, -0.2) is 0 Å². The van der Waals surface area contributed by atoms with Crippen LogP contribution in [0.5, 0.6) is 0 Å². The number of carbonyl (C=O) groups is 1. The largest absolute Gasteiger partial charge is 0.300 e. The molecule has 0 radical (unpaired) electrons. The molecule has 1 saturated carbocycles. The van der Waals surface area contributed by atoms with E-state index in [9.17, 15) is 4.79 Å². The third-order valence-electron chi connectivity index (χ3n) is 3.53. The average molecular weight is 216 g/mol. The number of Topliss-reactive ketones (excluding diaryl/α,β-unsaturated/α-hetero) is 1. The summed E-state index contributed by atoms with van der Waals surface area (Å²) in [6, 6.07) is 10.3. The van der Waals surface area contributed by atoms with Crippen LogP contribution in [0.15, 0.2) is 30.3 Å². The van der Waals surface area contributed by atoms with Crippen LogP contribution in [0.2, 0.25) is 0 Å². The van der Waals surface area contributed by atoms with E-state index in [-0.39, 0.29) is 0 Å². The Morgan fingerprint density at radius 2 is 1.81 bits per heavy atom. The molecule has 86 valence electrons. The molecule has 1 aliphatic rings. The normalized spacial score (nSPS) is 16.5. The summed E-state index contributed by atoms with van der Waals surface area (Å²) in [4.78, 5) is 11.8. The van der Waals surface area contributed by atoms with Gasteiger partial charge in [0.05, 0.1) is 0 Å². The summed E-state index contributed by atoms with van der Waals surface area (Å²) in [5.41, 5.74) is 1.28. The van der Waals surface area contributed by atoms with Crippen LogP contribution in [-0.4, -0.2) is 5.78 Å². The van der Waals surface area contributed by atoms with Crippen LogP contribution in [0.25, 0.3) is 0 Å². The Bertz CT molecular complexity index is 323. The van der Waals surface area contributed by atoms with Gasteiger partial charge in [-0.05, 0) is 17.9 Å². The summed E-state index contributed by atoms with van der Waals surface area (Å²) in [5, 5.41) is 0. The van der Waals surface area contributed by atoms with Gasteiger partial charge >= 0.3 is 0 Å². The molecule has 1 heteroatoms. The molecule has 0 unspecified atom stereocenters. The molecule has 0 aliphatic heterocycles. The maximum absolute atomic E-state index is 11.8. The molecular formula is C15H20O. The molecule has 1 aliphatic carbocycles. The van der Waals surface area contributed by atoms with Gasteiger partial charge in [-0.15, -0.1) is 0 Å². The summed E-state index contributed by atoms with van der Waals surface area (Å²) in [5.74, 6) is 1.15. The van der Waals surface area contributed by atoms with Gasteiger partial charge in [0.25, 0.3) is 0 Å². The van der Waals surface area contributed by atoms with Gasteiger partial charge in [0.2, 0.25) is 0 Å². The number of carbonyl (C=O) groups excluding carboxylic acids is 1. The molecule has 16 heavy (non-hydrogen) atoms. The SMILES string of the molecule is O=C(CCc1ccccc1)CC1CCCC1. The highest BCUT2D eigenvalue weighted by atomic mass is 16.1. The van der Waals surface area contributed by atoms with Crippen molar-refractivity contribution in [3.05, 3.63) is 35.9 Å². The summed E-state index contributed by atoms with van der Waals surface area (Å²) < 4.78 is 0. The Morgan fingerprint density at radius 3 is 2.50 bits per heavy atom. The van der Waals surface area contributed by atoms with Crippen molar-refractivity contribution in [1.82, 2.24) is 0 Å². The fourth-order valence-electron chi connectivity index (χ4n) is 2.57. The minimum Gasteiger partial charge on any atom is -0.300 e. The van der Waals surface area contributed by atoms with E-state index >= 15 is 0 Å². The summed E-state index contributed by atoms with van der Waals surface area (Å²) in [6.45, 7) is 0. The first-order chi connectivity index (χ1) is 7.84. The molecule has 0 atom stereocenters.